The number of hydrogen-bond donors (Lipinski definition) is 1. The van der Waals surface area contributed by atoms with E-state index in [0.29, 0.717) is 6.54 Å². The minimum absolute atomic E-state index is 0.0293. The van der Waals surface area contributed by atoms with Crippen LogP contribution < -0.4 is 10.2 Å². The first-order valence-corrected chi connectivity index (χ1v) is 8.03. The molecule has 0 unspecified atom stereocenters. The molecule has 2 aromatic rings. The van der Waals surface area contributed by atoms with Crippen molar-refractivity contribution < 1.29 is 4.79 Å². The Balaban J connectivity index is 1.41. The van der Waals surface area contributed by atoms with Gasteiger partial charge in [0.1, 0.15) is 0 Å². The minimum Gasteiger partial charge on any atom is -0.368 e. The Hall–Kier alpha value is -2.50. The van der Waals surface area contributed by atoms with Crippen molar-refractivity contribution in [1.82, 2.24) is 20.0 Å². The average Bonchev–Trinajstić information content (AvgIpc) is 3.01. The highest BCUT2D eigenvalue weighted by atomic mass is 16.2. The number of hydrogen-bond acceptors (Lipinski definition) is 3. The highest BCUT2D eigenvalue weighted by molar-refractivity contribution is 5.74. The molecule has 6 nitrogen and oxygen atoms in total. The van der Waals surface area contributed by atoms with Crippen molar-refractivity contribution in [3.05, 3.63) is 48.3 Å². The average molecular weight is 313 g/mol. The summed E-state index contributed by atoms with van der Waals surface area (Å²) in [6.45, 7) is 3.91. The van der Waals surface area contributed by atoms with Crippen molar-refractivity contribution in [3.8, 4) is 0 Å². The second-order valence-corrected chi connectivity index (χ2v) is 5.81. The molecule has 0 saturated carbocycles. The third-order valence-electron chi connectivity index (χ3n) is 4.14. The lowest BCUT2D eigenvalue weighted by Gasteiger charge is -2.36. The lowest BCUT2D eigenvalue weighted by molar-refractivity contribution is 0.194. The number of amides is 2. The minimum atomic E-state index is 0.0293. The second kappa shape index (κ2) is 7.17. The predicted molar refractivity (Wildman–Crippen MR) is 90.5 cm³/mol. The van der Waals surface area contributed by atoms with Crippen LogP contribution in [-0.4, -0.2) is 53.4 Å². The third kappa shape index (κ3) is 4.03. The molecule has 122 valence electrons. The molecule has 1 N–H and O–H groups in total. The normalized spacial score (nSPS) is 14.8. The molecule has 0 bridgehead atoms. The molecule has 1 aliphatic heterocycles. The molecular weight excluding hydrogens is 290 g/mol. The number of carbonyl (C=O) groups is 1. The highest BCUT2D eigenvalue weighted by Gasteiger charge is 2.20. The number of nitrogens with one attached hydrogen (secondary N) is 1. The van der Waals surface area contributed by atoms with Gasteiger partial charge in [0.25, 0.3) is 0 Å². The lowest BCUT2D eigenvalue weighted by atomic mass is 10.2. The molecule has 1 aliphatic rings. The number of para-hydroxylation sites is 1. The Morgan fingerprint density at radius 1 is 1.17 bits per heavy atom. The summed E-state index contributed by atoms with van der Waals surface area (Å²) in [5, 5.41) is 7.13. The van der Waals surface area contributed by atoms with Crippen LogP contribution >= 0.6 is 0 Å². The standard InChI is InChI=1S/C17H23N5O/c1-20-14-15(13-19-20)7-8-18-17(23)22-11-9-21(10-12-22)16-5-3-2-4-6-16/h2-6,13-14H,7-12H2,1H3,(H,18,23). The number of carbonyl (C=O) groups excluding carboxylic acids is 1. The molecular formula is C17H23N5O. The Labute approximate surface area is 136 Å². The lowest BCUT2D eigenvalue weighted by Crippen LogP contribution is -2.52. The zero-order valence-electron chi connectivity index (χ0n) is 13.5. The van der Waals surface area contributed by atoms with E-state index in [1.54, 1.807) is 4.68 Å². The van der Waals surface area contributed by atoms with E-state index in [0.717, 1.165) is 38.2 Å². The van der Waals surface area contributed by atoms with E-state index in [1.807, 2.05) is 42.5 Å². The molecule has 1 fully saturated rings. The fraction of sp³-hybridized carbons (Fsp3) is 0.412. The summed E-state index contributed by atoms with van der Waals surface area (Å²) in [6.07, 6.45) is 4.62. The summed E-state index contributed by atoms with van der Waals surface area (Å²) in [5.74, 6) is 0. The summed E-state index contributed by atoms with van der Waals surface area (Å²) >= 11 is 0. The molecule has 0 aliphatic carbocycles. The molecule has 23 heavy (non-hydrogen) atoms. The molecule has 2 amide bonds. The molecule has 2 heterocycles. The molecule has 1 saturated heterocycles. The fourth-order valence-electron chi connectivity index (χ4n) is 2.83. The summed E-state index contributed by atoms with van der Waals surface area (Å²) in [7, 11) is 1.90. The number of benzene rings is 1. The van der Waals surface area contributed by atoms with Crippen molar-refractivity contribution >= 4 is 11.7 Å². The van der Waals surface area contributed by atoms with Crippen LogP contribution in [-0.2, 0) is 13.5 Å². The fourth-order valence-corrected chi connectivity index (χ4v) is 2.83. The maximum absolute atomic E-state index is 12.2. The maximum atomic E-state index is 12.2. The van der Waals surface area contributed by atoms with Gasteiger partial charge < -0.3 is 15.1 Å². The topological polar surface area (TPSA) is 53.4 Å². The van der Waals surface area contributed by atoms with Crippen LogP contribution in [0.15, 0.2) is 42.7 Å². The van der Waals surface area contributed by atoms with Gasteiger partial charge >= 0.3 is 6.03 Å². The van der Waals surface area contributed by atoms with Gasteiger partial charge in [-0.3, -0.25) is 4.68 Å². The first kappa shape index (κ1) is 15.4. The van der Waals surface area contributed by atoms with Gasteiger partial charge in [-0.15, -0.1) is 0 Å². The number of urea groups is 1. The van der Waals surface area contributed by atoms with Crippen LogP contribution in [0.25, 0.3) is 0 Å². The quantitative estimate of drug-likeness (QED) is 0.930. The summed E-state index contributed by atoms with van der Waals surface area (Å²) < 4.78 is 1.78. The number of rotatable bonds is 4. The monoisotopic (exact) mass is 313 g/mol. The van der Waals surface area contributed by atoms with E-state index in [9.17, 15) is 4.79 Å². The predicted octanol–water partition coefficient (Wildman–Crippen LogP) is 1.49. The van der Waals surface area contributed by atoms with Crippen LogP contribution in [0.1, 0.15) is 5.56 Å². The van der Waals surface area contributed by atoms with Gasteiger partial charge in [-0.05, 0) is 24.1 Å². The van der Waals surface area contributed by atoms with E-state index >= 15 is 0 Å². The van der Waals surface area contributed by atoms with E-state index in [4.69, 9.17) is 0 Å². The van der Waals surface area contributed by atoms with Gasteiger partial charge in [-0.2, -0.15) is 5.10 Å². The van der Waals surface area contributed by atoms with Crippen LogP contribution in [0.3, 0.4) is 0 Å². The Kier molecular flexibility index (Phi) is 4.80. The van der Waals surface area contributed by atoms with Crippen molar-refractivity contribution in [2.75, 3.05) is 37.6 Å². The molecule has 0 spiro atoms. The molecule has 3 rings (SSSR count). The summed E-state index contributed by atoms with van der Waals surface area (Å²) in [6, 6.07) is 10.4. The van der Waals surface area contributed by atoms with Crippen molar-refractivity contribution in [2.45, 2.75) is 6.42 Å². The smallest absolute Gasteiger partial charge is 0.317 e. The summed E-state index contributed by atoms with van der Waals surface area (Å²) in [4.78, 5) is 16.4. The molecule has 1 aromatic carbocycles. The highest BCUT2D eigenvalue weighted by Crippen LogP contribution is 2.15. The number of aryl methyl sites for hydroxylation is 1. The van der Waals surface area contributed by atoms with Crippen LogP contribution in [0, 0.1) is 0 Å². The largest absolute Gasteiger partial charge is 0.368 e. The molecule has 0 atom stereocenters. The molecule has 1 aromatic heterocycles. The SMILES string of the molecule is Cn1cc(CCNC(=O)N2CCN(c3ccccc3)CC2)cn1. The van der Waals surface area contributed by atoms with E-state index in [1.165, 1.54) is 5.69 Å². The molecule has 0 radical (unpaired) electrons. The maximum Gasteiger partial charge on any atom is 0.317 e. The summed E-state index contributed by atoms with van der Waals surface area (Å²) in [5.41, 5.74) is 2.37. The Bertz CT molecular complexity index is 631. The van der Waals surface area contributed by atoms with Gasteiger partial charge in [-0.1, -0.05) is 18.2 Å². The van der Waals surface area contributed by atoms with Crippen LogP contribution in [0.5, 0.6) is 0 Å². The van der Waals surface area contributed by atoms with E-state index in [2.05, 4.69) is 27.4 Å². The number of aromatic nitrogens is 2. The number of piperazine rings is 1. The van der Waals surface area contributed by atoms with Crippen molar-refractivity contribution in [2.24, 2.45) is 7.05 Å². The van der Waals surface area contributed by atoms with E-state index in [-0.39, 0.29) is 6.03 Å². The van der Waals surface area contributed by atoms with Crippen LogP contribution in [0.4, 0.5) is 10.5 Å². The first-order chi connectivity index (χ1) is 11.2. The molecule has 6 heteroatoms. The van der Waals surface area contributed by atoms with Gasteiger partial charge in [0, 0.05) is 51.7 Å². The van der Waals surface area contributed by atoms with E-state index < -0.39 is 0 Å². The van der Waals surface area contributed by atoms with Gasteiger partial charge in [0.2, 0.25) is 0 Å². The van der Waals surface area contributed by atoms with Gasteiger partial charge in [0.05, 0.1) is 6.20 Å². The Morgan fingerprint density at radius 2 is 1.91 bits per heavy atom. The van der Waals surface area contributed by atoms with Crippen molar-refractivity contribution in [1.29, 1.82) is 0 Å². The third-order valence-corrected chi connectivity index (χ3v) is 4.14. The van der Waals surface area contributed by atoms with Crippen molar-refractivity contribution in [3.63, 3.8) is 0 Å². The number of nitrogens with zero attached hydrogens (tertiary/aromatic N) is 4. The van der Waals surface area contributed by atoms with Gasteiger partial charge in [-0.25, -0.2) is 4.79 Å². The Morgan fingerprint density at radius 3 is 2.57 bits per heavy atom. The zero-order valence-corrected chi connectivity index (χ0v) is 13.5. The second-order valence-electron chi connectivity index (χ2n) is 5.81. The number of anilines is 1. The van der Waals surface area contributed by atoms with Gasteiger partial charge in [0.15, 0.2) is 0 Å². The zero-order chi connectivity index (χ0) is 16.1. The van der Waals surface area contributed by atoms with Crippen LogP contribution in [0.2, 0.25) is 0 Å². The first-order valence-electron chi connectivity index (χ1n) is 8.03.